The molecule has 6 atom stereocenters. The molecule has 2 fully saturated rings. The number of rotatable bonds is 13. The molecule has 0 aromatic carbocycles. The first kappa shape index (κ1) is 30.3. The first-order valence-corrected chi connectivity index (χ1v) is 13.4. The summed E-state index contributed by atoms with van der Waals surface area (Å²) in [6.45, 7) is 5.10. The molecule has 1 heterocycles. The number of hydrogen-bond acceptors (Lipinski definition) is 8. The van der Waals surface area contributed by atoms with Gasteiger partial charge in [-0.05, 0) is 38.6 Å². The molecule has 7 N–H and O–H groups in total. The van der Waals surface area contributed by atoms with Crippen LogP contribution < -0.4 is 16.8 Å². The maximum absolute atomic E-state index is 13.3. The van der Waals surface area contributed by atoms with E-state index in [9.17, 15) is 29.4 Å². The molecule has 2 aliphatic rings. The standard InChI is InChI=1S/C26H46N4O6/c1-15(2)25(35)21(9-10-27)29-26(36)19(16(3)31)12-23(33)22-11-18(32)14-30(22)24(34)13-20(28)17-7-5-4-6-8-17/h15-22,31-32H,4-14,27-28H2,1-3H3,(H,29,36)/t16?,18-,19+,20?,21+,22+/m1/s1. The second-order valence-electron chi connectivity index (χ2n) is 10.9. The Labute approximate surface area is 214 Å². The summed E-state index contributed by atoms with van der Waals surface area (Å²) < 4.78 is 0. The van der Waals surface area contributed by atoms with Gasteiger partial charge in [0, 0.05) is 37.8 Å². The average Bonchev–Trinajstić information content (AvgIpc) is 3.23. The van der Waals surface area contributed by atoms with E-state index in [1.54, 1.807) is 13.8 Å². The fourth-order valence-corrected chi connectivity index (χ4v) is 5.41. The smallest absolute Gasteiger partial charge is 0.226 e. The minimum atomic E-state index is -1.16. The number of nitrogens with one attached hydrogen (secondary N) is 1. The quantitative estimate of drug-likeness (QED) is 0.234. The number of amides is 2. The average molecular weight is 511 g/mol. The van der Waals surface area contributed by atoms with Crippen molar-refractivity contribution in [3.63, 3.8) is 0 Å². The highest BCUT2D eigenvalue weighted by molar-refractivity contribution is 5.95. The number of nitrogens with two attached hydrogens (primary N) is 2. The summed E-state index contributed by atoms with van der Waals surface area (Å²) in [7, 11) is 0. The molecular weight excluding hydrogens is 464 g/mol. The summed E-state index contributed by atoms with van der Waals surface area (Å²) in [5.41, 5.74) is 11.9. The van der Waals surface area contributed by atoms with Crippen molar-refractivity contribution in [3.05, 3.63) is 0 Å². The Kier molecular flexibility index (Phi) is 11.9. The number of carbonyl (C=O) groups excluding carboxylic acids is 4. The van der Waals surface area contributed by atoms with Gasteiger partial charge in [-0.1, -0.05) is 33.1 Å². The van der Waals surface area contributed by atoms with Crippen molar-refractivity contribution in [2.45, 2.75) is 109 Å². The van der Waals surface area contributed by atoms with Crippen molar-refractivity contribution >= 4 is 23.4 Å². The number of hydrogen-bond donors (Lipinski definition) is 5. The number of likely N-dealkylation sites (tertiary alicyclic amines) is 1. The molecule has 10 nitrogen and oxygen atoms in total. The summed E-state index contributed by atoms with van der Waals surface area (Å²) in [5.74, 6) is -2.59. The van der Waals surface area contributed by atoms with E-state index < -0.39 is 41.9 Å². The highest BCUT2D eigenvalue weighted by Gasteiger charge is 2.41. The largest absolute Gasteiger partial charge is 0.393 e. The molecule has 2 amide bonds. The number of Topliss-reactive ketones (excluding diaryl/α,β-unsaturated/α-hetero) is 2. The van der Waals surface area contributed by atoms with Crippen LogP contribution in [0.2, 0.25) is 0 Å². The zero-order valence-electron chi connectivity index (χ0n) is 22.0. The molecule has 2 rings (SSSR count). The lowest BCUT2D eigenvalue weighted by atomic mass is 9.83. The topological polar surface area (TPSA) is 176 Å². The molecule has 206 valence electrons. The molecule has 0 aromatic rings. The second kappa shape index (κ2) is 14.2. The lowest BCUT2D eigenvalue weighted by molar-refractivity contribution is -0.141. The molecule has 1 aliphatic heterocycles. The van der Waals surface area contributed by atoms with Crippen LogP contribution in [0.15, 0.2) is 0 Å². The van der Waals surface area contributed by atoms with Gasteiger partial charge in [-0.3, -0.25) is 19.2 Å². The van der Waals surface area contributed by atoms with Gasteiger partial charge in [-0.2, -0.15) is 0 Å². The summed E-state index contributed by atoms with van der Waals surface area (Å²) in [5, 5.41) is 23.2. The van der Waals surface area contributed by atoms with Gasteiger partial charge in [0.1, 0.15) is 0 Å². The van der Waals surface area contributed by atoms with Crippen molar-refractivity contribution in [1.82, 2.24) is 10.2 Å². The normalized spacial score (nSPS) is 24.3. The van der Waals surface area contributed by atoms with Gasteiger partial charge in [0.2, 0.25) is 11.8 Å². The molecule has 0 spiro atoms. The van der Waals surface area contributed by atoms with E-state index in [0.29, 0.717) is 0 Å². The van der Waals surface area contributed by atoms with Gasteiger partial charge in [0.25, 0.3) is 0 Å². The van der Waals surface area contributed by atoms with Crippen LogP contribution >= 0.6 is 0 Å². The predicted octanol–water partition coefficient (Wildman–Crippen LogP) is 0.261. The van der Waals surface area contributed by atoms with Crippen LogP contribution in [-0.4, -0.2) is 81.9 Å². The molecular formula is C26H46N4O6. The fourth-order valence-electron chi connectivity index (χ4n) is 5.41. The lowest BCUT2D eigenvalue weighted by Crippen LogP contribution is -2.49. The van der Waals surface area contributed by atoms with Crippen LogP contribution in [0.3, 0.4) is 0 Å². The van der Waals surface area contributed by atoms with Gasteiger partial charge in [0.15, 0.2) is 11.6 Å². The maximum Gasteiger partial charge on any atom is 0.226 e. The van der Waals surface area contributed by atoms with Gasteiger partial charge in [0.05, 0.1) is 30.2 Å². The molecule has 0 aromatic heterocycles. The zero-order valence-corrected chi connectivity index (χ0v) is 22.0. The van der Waals surface area contributed by atoms with Crippen molar-refractivity contribution in [1.29, 1.82) is 0 Å². The Bertz CT molecular complexity index is 768. The number of β-amino-alcohol motifs (C(OH)–C–C–N with tert-alkyl or cyclic N) is 1. The molecule has 1 saturated carbocycles. The van der Waals surface area contributed by atoms with Crippen LogP contribution in [0.25, 0.3) is 0 Å². The Morgan fingerprint density at radius 3 is 2.25 bits per heavy atom. The van der Waals surface area contributed by atoms with E-state index in [1.165, 1.54) is 18.2 Å². The molecule has 2 unspecified atom stereocenters. The minimum absolute atomic E-state index is 0.0413. The predicted molar refractivity (Wildman–Crippen MR) is 136 cm³/mol. The third kappa shape index (κ3) is 8.33. The first-order chi connectivity index (χ1) is 17.0. The number of ketones is 2. The monoisotopic (exact) mass is 510 g/mol. The van der Waals surface area contributed by atoms with Crippen molar-refractivity contribution in [3.8, 4) is 0 Å². The van der Waals surface area contributed by atoms with Gasteiger partial charge in [-0.15, -0.1) is 0 Å². The SMILES string of the molecule is CC(C)C(=O)[C@H](CCN)NC(=O)[C@@H](CC(=O)[C@@H]1C[C@@H](O)CN1C(=O)CC(N)C1CCCCC1)C(C)O. The van der Waals surface area contributed by atoms with Gasteiger partial charge < -0.3 is 31.9 Å². The van der Waals surface area contributed by atoms with E-state index in [0.717, 1.165) is 25.7 Å². The van der Waals surface area contributed by atoms with Crippen LogP contribution in [0, 0.1) is 17.8 Å². The fraction of sp³-hybridized carbons (Fsp3) is 0.846. The first-order valence-electron chi connectivity index (χ1n) is 13.4. The van der Waals surface area contributed by atoms with Crippen LogP contribution in [0.4, 0.5) is 0 Å². The number of carbonyl (C=O) groups is 4. The Morgan fingerprint density at radius 1 is 1.06 bits per heavy atom. The zero-order chi connectivity index (χ0) is 27.0. The van der Waals surface area contributed by atoms with Crippen LogP contribution in [0.5, 0.6) is 0 Å². The van der Waals surface area contributed by atoms with Crippen molar-refractivity contribution in [2.24, 2.45) is 29.2 Å². The molecule has 36 heavy (non-hydrogen) atoms. The number of aliphatic hydroxyl groups excluding tert-OH is 2. The molecule has 0 bridgehead atoms. The number of aliphatic hydroxyl groups is 2. The maximum atomic E-state index is 13.3. The summed E-state index contributed by atoms with van der Waals surface area (Å²) in [6.07, 6.45) is 3.51. The highest BCUT2D eigenvalue weighted by atomic mass is 16.3. The van der Waals surface area contributed by atoms with E-state index in [4.69, 9.17) is 11.5 Å². The molecule has 0 radical (unpaired) electrons. The Balaban J connectivity index is 2.06. The van der Waals surface area contributed by atoms with Crippen LogP contribution in [-0.2, 0) is 19.2 Å². The second-order valence-corrected chi connectivity index (χ2v) is 10.9. The summed E-state index contributed by atoms with van der Waals surface area (Å²) >= 11 is 0. The minimum Gasteiger partial charge on any atom is -0.393 e. The van der Waals surface area contributed by atoms with E-state index in [2.05, 4.69) is 5.32 Å². The van der Waals surface area contributed by atoms with E-state index in [-0.39, 0.29) is 68.3 Å². The molecule has 1 saturated heterocycles. The summed E-state index contributed by atoms with van der Waals surface area (Å²) in [4.78, 5) is 53.2. The van der Waals surface area contributed by atoms with E-state index in [1.807, 2.05) is 0 Å². The third-order valence-corrected chi connectivity index (χ3v) is 7.66. The number of nitrogens with zero attached hydrogens (tertiary/aromatic N) is 1. The van der Waals surface area contributed by atoms with Gasteiger partial charge >= 0.3 is 0 Å². The Morgan fingerprint density at radius 2 is 1.69 bits per heavy atom. The van der Waals surface area contributed by atoms with Crippen molar-refractivity contribution in [2.75, 3.05) is 13.1 Å². The summed E-state index contributed by atoms with van der Waals surface area (Å²) in [6, 6.07) is -1.97. The molecule has 10 heteroatoms. The van der Waals surface area contributed by atoms with Gasteiger partial charge in [-0.25, -0.2) is 0 Å². The van der Waals surface area contributed by atoms with Crippen LogP contribution in [0.1, 0.15) is 78.6 Å². The van der Waals surface area contributed by atoms with E-state index >= 15 is 0 Å². The Hall–Kier alpha value is -1.88. The van der Waals surface area contributed by atoms with Crippen molar-refractivity contribution < 1.29 is 29.4 Å². The third-order valence-electron chi connectivity index (χ3n) is 7.66. The lowest BCUT2D eigenvalue weighted by Gasteiger charge is -2.30. The molecule has 1 aliphatic carbocycles. The highest BCUT2D eigenvalue weighted by Crippen LogP contribution is 2.29.